The number of rotatable bonds is 9. The number of fused-ring (bicyclic) bond motifs is 5. The van der Waals surface area contributed by atoms with E-state index < -0.39 is 5.97 Å². The minimum atomic E-state index is -0.853. The first-order chi connectivity index (χ1) is 18.4. The standard InChI is InChI=1S/C32H43N3O3/c1-4-33(17-18-36)13-8-14-34-15-16-35-29-21-26(32(37)38)23(3)20-27(29)30(24-9-6-5-7-10-24)31(35)25-12-11-22(2)19-28(25)34/h11-12,19-21,24,36H,4-10,13-18H2,1-3H3,(H,37,38). The van der Waals surface area contributed by atoms with Crippen molar-refractivity contribution >= 4 is 22.6 Å². The molecule has 1 aliphatic carbocycles. The van der Waals surface area contributed by atoms with Gasteiger partial charge in [0.2, 0.25) is 0 Å². The predicted octanol–water partition coefficient (Wildman–Crippen LogP) is 6.20. The van der Waals surface area contributed by atoms with Gasteiger partial charge in [-0.25, -0.2) is 4.79 Å². The summed E-state index contributed by atoms with van der Waals surface area (Å²) in [5.41, 5.74) is 8.90. The Morgan fingerprint density at radius 3 is 2.55 bits per heavy atom. The van der Waals surface area contributed by atoms with Crippen LogP contribution in [0, 0.1) is 13.8 Å². The van der Waals surface area contributed by atoms with E-state index >= 15 is 0 Å². The van der Waals surface area contributed by atoms with E-state index in [2.05, 4.69) is 52.5 Å². The molecule has 1 aliphatic heterocycles. The van der Waals surface area contributed by atoms with Gasteiger partial charge < -0.3 is 24.6 Å². The molecule has 1 saturated carbocycles. The highest BCUT2D eigenvalue weighted by atomic mass is 16.4. The van der Waals surface area contributed by atoms with Crippen LogP contribution in [0.2, 0.25) is 0 Å². The zero-order chi connectivity index (χ0) is 26.8. The van der Waals surface area contributed by atoms with E-state index in [0.717, 1.165) is 56.8 Å². The number of aromatic nitrogens is 1. The lowest BCUT2D eigenvalue weighted by Crippen LogP contribution is -2.32. The van der Waals surface area contributed by atoms with Crippen LogP contribution in [-0.2, 0) is 6.54 Å². The molecule has 204 valence electrons. The molecule has 2 aromatic carbocycles. The third-order valence-electron chi connectivity index (χ3n) is 8.80. The normalized spacial score (nSPS) is 16.1. The van der Waals surface area contributed by atoms with E-state index in [9.17, 15) is 15.0 Å². The Hall–Kier alpha value is -2.83. The molecule has 2 heterocycles. The van der Waals surface area contributed by atoms with Crippen molar-refractivity contribution < 1.29 is 15.0 Å². The smallest absolute Gasteiger partial charge is 0.336 e. The highest BCUT2D eigenvalue weighted by Gasteiger charge is 2.31. The van der Waals surface area contributed by atoms with Crippen LogP contribution >= 0.6 is 0 Å². The summed E-state index contributed by atoms with van der Waals surface area (Å²) in [5.74, 6) is -0.344. The van der Waals surface area contributed by atoms with E-state index in [-0.39, 0.29) is 6.61 Å². The highest BCUT2D eigenvalue weighted by Crippen LogP contribution is 2.48. The molecule has 6 heteroatoms. The van der Waals surface area contributed by atoms with Gasteiger partial charge in [-0.1, -0.05) is 38.3 Å². The van der Waals surface area contributed by atoms with Gasteiger partial charge in [-0.05, 0) is 87.0 Å². The number of benzene rings is 2. The molecule has 2 aliphatic rings. The third-order valence-corrected chi connectivity index (χ3v) is 8.80. The largest absolute Gasteiger partial charge is 0.478 e. The monoisotopic (exact) mass is 517 g/mol. The molecule has 6 nitrogen and oxygen atoms in total. The molecular weight excluding hydrogens is 474 g/mol. The van der Waals surface area contributed by atoms with Crippen LogP contribution in [0.3, 0.4) is 0 Å². The summed E-state index contributed by atoms with van der Waals surface area (Å²) in [6, 6.07) is 10.9. The number of aliphatic hydroxyl groups is 1. The molecule has 2 N–H and O–H groups in total. The first-order valence-electron chi connectivity index (χ1n) is 14.5. The number of aliphatic hydroxyl groups excluding tert-OH is 1. The molecule has 0 spiro atoms. The minimum Gasteiger partial charge on any atom is -0.478 e. The number of carboxylic acid groups (broad SMARTS) is 1. The van der Waals surface area contributed by atoms with Gasteiger partial charge in [0, 0.05) is 48.3 Å². The number of hydrogen-bond acceptors (Lipinski definition) is 4. The Labute approximate surface area is 226 Å². The lowest BCUT2D eigenvalue weighted by Gasteiger charge is -2.28. The van der Waals surface area contributed by atoms with E-state index in [4.69, 9.17) is 0 Å². The summed E-state index contributed by atoms with van der Waals surface area (Å²) in [4.78, 5) is 16.9. The Bertz CT molecular complexity index is 1310. The molecule has 0 saturated heterocycles. The van der Waals surface area contributed by atoms with E-state index in [1.165, 1.54) is 65.6 Å². The highest BCUT2D eigenvalue weighted by molar-refractivity contribution is 6.00. The van der Waals surface area contributed by atoms with Crippen LogP contribution in [0.25, 0.3) is 22.2 Å². The molecule has 1 aromatic heterocycles. The van der Waals surface area contributed by atoms with Crippen LogP contribution in [0.1, 0.15) is 78.4 Å². The number of aromatic carboxylic acids is 1. The fourth-order valence-electron chi connectivity index (χ4n) is 6.82. The zero-order valence-electron chi connectivity index (χ0n) is 23.3. The van der Waals surface area contributed by atoms with Crippen molar-refractivity contribution in [3.63, 3.8) is 0 Å². The number of aryl methyl sites for hydroxylation is 2. The summed E-state index contributed by atoms with van der Waals surface area (Å²) in [6.07, 6.45) is 7.27. The number of hydrogen-bond donors (Lipinski definition) is 2. The van der Waals surface area contributed by atoms with Crippen LogP contribution in [0.5, 0.6) is 0 Å². The van der Waals surface area contributed by atoms with Gasteiger partial charge in [0.15, 0.2) is 0 Å². The van der Waals surface area contributed by atoms with Gasteiger partial charge in [-0.2, -0.15) is 0 Å². The summed E-state index contributed by atoms with van der Waals surface area (Å²) >= 11 is 0. The first-order valence-corrected chi connectivity index (χ1v) is 14.5. The maximum atomic E-state index is 12.1. The molecule has 0 unspecified atom stereocenters. The maximum absolute atomic E-state index is 12.1. The number of likely N-dealkylation sites (N-methyl/N-ethyl adjacent to an activating group) is 1. The van der Waals surface area contributed by atoms with Crippen molar-refractivity contribution in [1.29, 1.82) is 0 Å². The Morgan fingerprint density at radius 1 is 1.05 bits per heavy atom. The minimum absolute atomic E-state index is 0.198. The van der Waals surface area contributed by atoms with E-state index in [1.54, 1.807) is 0 Å². The zero-order valence-corrected chi connectivity index (χ0v) is 23.3. The second-order valence-electron chi connectivity index (χ2n) is 11.3. The second kappa shape index (κ2) is 11.5. The number of carbonyl (C=O) groups is 1. The van der Waals surface area contributed by atoms with Gasteiger partial charge in [0.05, 0.1) is 17.9 Å². The van der Waals surface area contributed by atoms with Crippen LogP contribution < -0.4 is 4.90 Å². The predicted molar refractivity (Wildman–Crippen MR) is 156 cm³/mol. The fraction of sp³-hybridized carbons (Fsp3) is 0.531. The first kappa shape index (κ1) is 26.8. The van der Waals surface area contributed by atoms with Gasteiger partial charge in [-0.15, -0.1) is 0 Å². The van der Waals surface area contributed by atoms with E-state index in [1.807, 2.05) is 13.0 Å². The van der Waals surface area contributed by atoms with Gasteiger partial charge in [0.1, 0.15) is 0 Å². The summed E-state index contributed by atoms with van der Waals surface area (Å²) < 4.78 is 2.43. The van der Waals surface area contributed by atoms with Crippen molar-refractivity contribution in [3.05, 3.63) is 52.6 Å². The number of anilines is 1. The van der Waals surface area contributed by atoms with Gasteiger partial charge in [-0.3, -0.25) is 0 Å². The molecule has 0 amide bonds. The molecule has 0 radical (unpaired) electrons. The molecule has 3 aromatic rings. The van der Waals surface area contributed by atoms with Crippen molar-refractivity contribution in [2.75, 3.05) is 44.2 Å². The lowest BCUT2D eigenvalue weighted by atomic mass is 9.81. The Morgan fingerprint density at radius 2 is 1.84 bits per heavy atom. The van der Waals surface area contributed by atoms with Crippen molar-refractivity contribution in [1.82, 2.24) is 9.47 Å². The SMILES string of the molecule is CCN(CCO)CCCN1CCn2c(c(C3CCCCC3)c3cc(C)c(C(=O)O)cc32)-c2ccc(C)cc21. The topological polar surface area (TPSA) is 68.9 Å². The molecule has 1 fully saturated rings. The molecular formula is C32H43N3O3. The van der Waals surface area contributed by atoms with Crippen LogP contribution in [-0.4, -0.2) is 65.0 Å². The maximum Gasteiger partial charge on any atom is 0.336 e. The summed E-state index contributed by atoms with van der Waals surface area (Å²) in [5, 5.41) is 20.6. The Kier molecular flexibility index (Phi) is 8.10. The van der Waals surface area contributed by atoms with Gasteiger partial charge >= 0.3 is 5.97 Å². The van der Waals surface area contributed by atoms with Crippen molar-refractivity contribution in [3.8, 4) is 11.3 Å². The number of carboxylic acids is 1. The average molecular weight is 518 g/mol. The fourth-order valence-corrected chi connectivity index (χ4v) is 6.82. The molecule has 0 bridgehead atoms. The van der Waals surface area contributed by atoms with Crippen LogP contribution in [0.15, 0.2) is 30.3 Å². The van der Waals surface area contributed by atoms with Crippen molar-refractivity contribution in [2.24, 2.45) is 0 Å². The Balaban J connectivity index is 1.63. The lowest BCUT2D eigenvalue weighted by molar-refractivity contribution is 0.0696. The average Bonchev–Trinajstić information content (AvgIpc) is 3.13. The second-order valence-corrected chi connectivity index (χ2v) is 11.3. The summed E-state index contributed by atoms with van der Waals surface area (Å²) in [7, 11) is 0. The molecule has 5 rings (SSSR count). The summed E-state index contributed by atoms with van der Waals surface area (Å²) in [6.45, 7) is 11.8. The van der Waals surface area contributed by atoms with Gasteiger partial charge in [0.25, 0.3) is 0 Å². The quantitative estimate of drug-likeness (QED) is 0.354. The third kappa shape index (κ3) is 5.08. The molecule has 0 atom stereocenters. The molecule has 38 heavy (non-hydrogen) atoms. The van der Waals surface area contributed by atoms with E-state index in [0.29, 0.717) is 11.5 Å². The number of nitrogens with zero attached hydrogens (tertiary/aromatic N) is 3. The van der Waals surface area contributed by atoms with Crippen LogP contribution in [0.4, 0.5) is 5.69 Å². The van der Waals surface area contributed by atoms with Crippen molar-refractivity contribution in [2.45, 2.75) is 71.8 Å².